The van der Waals surface area contributed by atoms with Gasteiger partial charge in [0.25, 0.3) is 5.91 Å². The van der Waals surface area contributed by atoms with Gasteiger partial charge in [-0.1, -0.05) is 12.1 Å². The Morgan fingerprint density at radius 1 is 1.32 bits per heavy atom. The Bertz CT molecular complexity index is 605. The SMILES string of the molecule is CCNC(=O)c1c[nH]c2ccccc2c1=O.CCO. The molecule has 0 fully saturated rings. The van der Waals surface area contributed by atoms with Crippen LogP contribution in [0.1, 0.15) is 24.2 Å². The number of hydrogen-bond donors (Lipinski definition) is 3. The summed E-state index contributed by atoms with van der Waals surface area (Å²) >= 11 is 0. The fourth-order valence-corrected chi connectivity index (χ4v) is 1.59. The molecule has 2 rings (SSSR count). The Morgan fingerprint density at radius 3 is 2.58 bits per heavy atom. The van der Waals surface area contributed by atoms with Gasteiger partial charge in [0.2, 0.25) is 5.43 Å². The van der Waals surface area contributed by atoms with E-state index in [-0.39, 0.29) is 23.5 Å². The van der Waals surface area contributed by atoms with Crippen molar-refractivity contribution in [3.63, 3.8) is 0 Å². The maximum Gasteiger partial charge on any atom is 0.256 e. The number of aliphatic hydroxyl groups is 1. The van der Waals surface area contributed by atoms with Gasteiger partial charge in [0.15, 0.2) is 0 Å². The van der Waals surface area contributed by atoms with Gasteiger partial charge in [0, 0.05) is 30.3 Å². The number of fused-ring (bicyclic) bond motifs is 1. The lowest BCUT2D eigenvalue weighted by Crippen LogP contribution is -2.28. The van der Waals surface area contributed by atoms with Crippen LogP contribution in [0.25, 0.3) is 10.9 Å². The third kappa shape index (κ3) is 3.66. The largest absolute Gasteiger partial charge is 0.397 e. The number of amides is 1. The van der Waals surface area contributed by atoms with Crippen LogP contribution in [0.2, 0.25) is 0 Å². The smallest absolute Gasteiger partial charge is 0.256 e. The lowest BCUT2D eigenvalue weighted by molar-refractivity contribution is 0.0954. The molecule has 5 heteroatoms. The van der Waals surface area contributed by atoms with Crippen LogP contribution in [0.4, 0.5) is 0 Å². The summed E-state index contributed by atoms with van der Waals surface area (Å²) < 4.78 is 0. The maximum atomic E-state index is 12.0. The van der Waals surface area contributed by atoms with E-state index in [1.165, 1.54) is 6.20 Å². The fourth-order valence-electron chi connectivity index (χ4n) is 1.59. The minimum absolute atomic E-state index is 0.153. The molecule has 0 aliphatic heterocycles. The maximum absolute atomic E-state index is 12.0. The van der Waals surface area contributed by atoms with Crippen molar-refractivity contribution in [3.05, 3.63) is 46.2 Å². The molecule has 0 unspecified atom stereocenters. The molecule has 0 saturated carbocycles. The lowest BCUT2D eigenvalue weighted by Gasteiger charge is -2.03. The minimum Gasteiger partial charge on any atom is -0.397 e. The number of aromatic nitrogens is 1. The fraction of sp³-hybridized carbons (Fsp3) is 0.286. The zero-order chi connectivity index (χ0) is 14.3. The van der Waals surface area contributed by atoms with Crippen LogP contribution < -0.4 is 10.7 Å². The summed E-state index contributed by atoms with van der Waals surface area (Å²) in [7, 11) is 0. The van der Waals surface area contributed by atoms with Crippen molar-refractivity contribution in [3.8, 4) is 0 Å². The number of hydrogen-bond acceptors (Lipinski definition) is 3. The third-order valence-corrected chi connectivity index (χ3v) is 2.37. The number of pyridine rings is 1. The summed E-state index contributed by atoms with van der Waals surface area (Å²) in [5.74, 6) is -0.338. The Kier molecular flexibility index (Phi) is 5.75. The monoisotopic (exact) mass is 262 g/mol. The Morgan fingerprint density at radius 2 is 1.95 bits per heavy atom. The summed E-state index contributed by atoms with van der Waals surface area (Å²) in [5, 5.41) is 10.7. The quantitative estimate of drug-likeness (QED) is 0.762. The number of rotatable bonds is 2. The van der Waals surface area contributed by atoms with E-state index in [9.17, 15) is 9.59 Å². The molecule has 1 aromatic heterocycles. The number of carbonyl (C=O) groups is 1. The van der Waals surface area contributed by atoms with Crippen LogP contribution in [-0.2, 0) is 0 Å². The minimum atomic E-state index is -0.338. The van der Waals surface area contributed by atoms with Crippen molar-refractivity contribution < 1.29 is 9.90 Å². The van der Waals surface area contributed by atoms with Gasteiger partial charge in [-0.3, -0.25) is 9.59 Å². The highest BCUT2D eigenvalue weighted by Crippen LogP contribution is 2.06. The van der Waals surface area contributed by atoms with Crippen LogP contribution >= 0.6 is 0 Å². The van der Waals surface area contributed by atoms with Crippen molar-refractivity contribution in [2.45, 2.75) is 13.8 Å². The summed E-state index contributed by atoms with van der Waals surface area (Å²) in [6.45, 7) is 4.25. The molecule has 0 saturated heterocycles. The molecular formula is C14H18N2O3. The third-order valence-electron chi connectivity index (χ3n) is 2.37. The molecule has 2 aromatic rings. The average molecular weight is 262 g/mol. The van der Waals surface area contributed by atoms with E-state index >= 15 is 0 Å². The van der Waals surface area contributed by atoms with Gasteiger partial charge in [0.05, 0.1) is 0 Å². The van der Waals surface area contributed by atoms with Gasteiger partial charge < -0.3 is 15.4 Å². The van der Waals surface area contributed by atoms with Crippen LogP contribution in [0.5, 0.6) is 0 Å². The number of aromatic amines is 1. The van der Waals surface area contributed by atoms with Crippen LogP contribution in [0.3, 0.4) is 0 Å². The van der Waals surface area contributed by atoms with E-state index in [0.29, 0.717) is 11.9 Å². The molecule has 5 nitrogen and oxygen atoms in total. The van der Waals surface area contributed by atoms with E-state index in [1.807, 2.05) is 13.0 Å². The lowest BCUT2D eigenvalue weighted by atomic mass is 10.1. The highest BCUT2D eigenvalue weighted by atomic mass is 16.2. The summed E-state index contributed by atoms with van der Waals surface area (Å²) in [6.07, 6.45) is 1.45. The van der Waals surface area contributed by atoms with E-state index in [4.69, 9.17) is 5.11 Å². The van der Waals surface area contributed by atoms with E-state index in [0.717, 1.165) is 5.52 Å². The molecule has 0 spiro atoms. The second-order valence-corrected chi connectivity index (χ2v) is 3.75. The van der Waals surface area contributed by atoms with Gasteiger partial charge in [0.1, 0.15) is 5.56 Å². The Labute approximate surface area is 111 Å². The number of H-pyrrole nitrogens is 1. The van der Waals surface area contributed by atoms with Gasteiger partial charge in [-0.25, -0.2) is 0 Å². The molecule has 0 bridgehead atoms. The first-order valence-corrected chi connectivity index (χ1v) is 6.15. The first kappa shape index (κ1) is 14.9. The predicted octanol–water partition coefficient (Wildman–Crippen LogP) is 1.28. The molecule has 1 heterocycles. The Hall–Kier alpha value is -2.14. The van der Waals surface area contributed by atoms with Crippen molar-refractivity contribution in [2.24, 2.45) is 0 Å². The molecule has 1 amide bonds. The summed E-state index contributed by atoms with van der Waals surface area (Å²) in [5.41, 5.74) is 0.654. The molecule has 0 aliphatic rings. The van der Waals surface area contributed by atoms with Gasteiger partial charge in [-0.2, -0.15) is 0 Å². The van der Waals surface area contributed by atoms with E-state index in [1.54, 1.807) is 25.1 Å². The first-order valence-electron chi connectivity index (χ1n) is 6.15. The van der Waals surface area contributed by atoms with E-state index < -0.39 is 0 Å². The normalized spacial score (nSPS) is 9.63. The van der Waals surface area contributed by atoms with Gasteiger partial charge in [-0.05, 0) is 26.0 Å². The molecule has 0 atom stereocenters. The number of nitrogens with one attached hydrogen (secondary N) is 2. The average Bonchev–Trinajstić information content (AvgIpc) is 2.40. The molecule has 102 valence electrons. The standard InChI is InChI=1S/C12H12N2O2.C2H6O/c1-2-13-12(16)9-7-14-10-6-4-3-5-8(10)11(9)15;1-2-3/h3-7H,2H2,1H3,(H,13,16)(H,14,15);3H,2H2,1H3. The number of carbonyl (C=O) groups excluding carboxylic acids is 1. The first-order chi connectivity index (χ1) is 9.15. The molecule has 19 heavy (non-hydrogen) atoms. The van der Waals surface area contributed by atoms with Crippen LogP contribution in [0.15, 0.2) is 35.3 Å². The van der Waals surface area contributed by atoms with Crippen LogP contribution in [0, 0.1) is 0 Å². The molecule has 1 aromatic carbocycles. The number of para-hydroxylation sites is 1. The molecular weight excluding hydrogens is 244 g/mol. The molecule has 0 radical (unpaired) electrons. The second-order valence-electron chi connectivity index (χ2n) is 3.75. The topological polar surface area (TPSA) is 82.2 Å². The number of benzene rings is 1. The molecule has 0 aliphatic carbocycles. The summed E-state index contributed by atoms with van der Waals surface area (Å²) in [6, 6.07) is 7.12. The van der Waals surface area contributed by atoms with E-state index in [2.05, 4.69) is 10.3 Å². The predicted molar refractivity (Wildman–Crippen MR) is 75.3 cm³/mol. The van der Waals surface area contributed by atoms with Crippen LogP contribution in [-0.4, -0.2) is 29.1 Å². The molecule has 3 N–H and O–H groups in total. The van der Waals surface area contributed by atoms with Crippen molar-refractivity contribution >= 4 is 16.8 Å². The van der Waals surface area contributed by atoms with Gasteiger partial charge >= 0.3 is 0 Å². The zero-order valence-corrected chi connectivity index (χ0v) is 11.1. The second kappa shape index (κ2) is 7.33. The van der Waals surface area contributed by atoms with Gasteiger partial charge in [-0.15, -0.1) is 0 Å². The summed E-state index contributed by atoms with van der Waals surface area (Å²) in [4.78, 5) is 26.5. The van der Waals surface area contributed by atoms with Crippen molar-refractivity contribution in [1.29, 1.82) is 0 Å². The van der Waals surface area contributed by atoms with Crippen molar-refractivity contribution in [1.82, 2.24) is 10.3 Å². The highest BCUT2D eigenvalue weighted by Gasteiger charge is 2.11. The number of aliphatic hydroxyl groups excluding tert-OH is 1. The Balaban J connectivity index is 0.000000550. The zero-order valence-electron chi connectivity index (χ0n) is 11.1. The van der Waals surface area contributed by atoms with Crippen molar-refractivity contribution in [2.75, 3.05) is 13.2 Å². The highest BCUT2D eigenvalue weighted by molar-refractivity contribution is 5.97.